The van der Waals surface area contributed by atoms with Crippen molar-refractivity contribution in [1.29, 1.82) is 0 Å². The number of carbonyl (C=O) groups is 2. The fraction of sp³-hybridized carbons (Fsp3) is 0.794. The summed E-state index contributed by atoms with van der Waals surface area (Å²) in [4.78, 5) is 27.3. The second-order valence-corrected chi connectivity index (χ2v) is 16.0. The maximum absolute atomic E-state index is 13.7. The predicted molar refractivity (Wildman–Crippen MR) is 156 cm³/mol. The topological polar surface area (TPSA) is 84.2 Å². The van der Waals surface area contributed by atoms with Crippen molar-refractivity contribution in [3.63, 3.8) is 0 Å². The molecule has 0 radical (unpaired) electrons. The number of nitrogens with zero attached hydrogens (tertiary/aromatic N) is 2. The number of fused-ring (bicyclic) bond motifs is 7. The van der Waals surface area contributed by atoms with Crippen LogP contribution in [0.2, 0.25) is 0 Å². The Hall–Kier alpha value is -1.95. The van der Waals surface area contributed by atoms with Crippen molar-refractivity contribution in [2.75, 3.05) is 0 Å². The van der Waals surface area contributed by atoms with Crippen molar-refractivity contribution < 1.29 is 14.7 Å². The molecule has 220 valence electrons. The van der Waals surface area contributed by atoms with Gasteiger partial charge in [-0.2, -0.15) is 5.10 Å². The van der Waals surface area contributed by atoms with Crippen LogP contribution in [0.15, 0.2) is 23.4 Å². The van der Waals surface area contributed by atoms with E-state index in [1.54, 1.807) is 16.9 Å². The summed E-state index contributed by atoms with van der Waals surface area (Å²) in [6, 6.07) is 1.76. The third-order valence-corrected chi connectivity index (χ3v) is 13.7. The minimum absolute atomic E-state index is 0.0589. The maximum atomic E-state index is 13.7. The molecule has 1 heterocycles. The molecule has 4 saturated carbocycles. The molecule has 0 aromatic carbocycles. The first-order valence-electron chi connectivity index (χ1n) is 15.9. The molecule has 0 aliphatic heterocycles. The van der Waals surface area contributed by atoms with E-state index in [2.05, 4.69) is 58.9 Å². The van der Waals surface area contributed by atoms with Gasteiger partial charge >= 0.3 is 0 Å². The number of nitrogens with one attached hydrogen (secondary N) is 1. The van der Waals surface area contributed by atoms with Gasteiger partial charge in [-0.15, -0.1) is 0 Å². The number of aromatic nitrogens is 2. The van der Waals surface area contributed by atoms with Gasteiger partial charge in [0.25, 0.3) is 5.91 Å². The summed E-state index contributed by atoms with van der Waals surface area (Å²) in [7, 11) is 1.82. The first kappa shape index (κ1) is 28.2. The molecule has 6 rings (SSSR count). The highest BCUT2D eigenvalue weighted by Crippen LogP contribution is 2.75. The molecule has 6 heteroatoms. The summed E-state index contributed by atoms with van der Waals surface area (Å²) < 4.78 is 1.66. The molecule has 2 N–H and O–H groups in total. The van der Waals surface area contributed by atoms with Gasteiger partial charge in [0.05, 0.1) is 11.6 Å². The Balaban J connectivity index is 1.41. The van der Waals surface area contributed by atoms with Gasteiger partial charge in [0.2, 0.25) is 0 Å². The molecule has 5 aliphatic carbocycles. The van der Waals surface area contributed by atoms with Crippen molar-refractivity contribution in [2.45, 2.75) is 118 Å². The number of hydrogen-bond donors (Lipinski definition) is 2. The van der Waals surface area contributed by atoms with Gasteiger partial charge < -0.3 is 10.4 Å². The molecule has 0 saturated heterocycles. The van der Waals surface area contributed by atoms with Crippen LogP contribution >= 0.6 is 0 Å². The molecule has 0 unspecified atom stereocenters. The zero-order valence-corrected chi connectivity index (χ0v) is 26.1. The quantitative estimate of drug-likeness (QED) is 0.467. The third-order valence-electron chi connectivity index (χ3n) is 13.7. The normalized spacial score (nSPS) is 44.1. The summed E-state index contributed by atoms with van der Waals surface area (Å²) in [5.74, 6) is 1.61. The lowest BCUT2D eigenvalue weighted by Gasteiger charge is -2.72. The molecule has 8 atom stereocenters. The van der Waals surface area contributed by atoms with Crippen molar-refractivity contribution >= 4 is 11.7 Å². The molecule has 1 amide bonds. The summed E-state index contributed by atoms with van der Waals surface area (Å²) in [5, 5.41) is 18.8. The largest absolute Gasteiger partial charge is 0.393 e. The van der Waals surface area contributed by atoms with Crippen molar-refractivity contribution in [3.8, 4) is 0 Å². The summed E-state index contributed by atoms with van der Waals surface area (Å²) in [5.41, 5.74) is 2.43. The molecule has 0 bridgehead atoms. The number of ketones is 1. The predicted octanol–water partition coefficient (Wildman–Crippen LogP) is 6.24. The third kappa shape index (κ3) is 3.53. The lowest BCUT2D eigenvalue weighted by molar-refractivity contribution is -0.226. The average Bonchev–Trinajstić information content (AvgIpc) is 3.43. The lowest BCUT2D eigenvalue weighted by Crippen LogP contribution is -2.67. The smallest absolute Gasteiger partial charge is 0.272 e. The Labute approximate surface area is 240 Å². The van der Waals surface area contributed by atoms with Crippen molar-refractivity contribution in [3.05, 3.63) is 29.1 Å². The number of allylic oxidation sites excluding steroid dienone is 1. The Bertz CT molecular complexity index is 1280. The van der Waals surface area contributed by atoms with Crippen LogP contribution in [-0.4, -0.2) is 38.2 Å². The lowest BCUT2D eigenvalue weighted by atomic mass is 9.33. The highest BCUT2D eigenvalue weighted by atomic mass is 16.3. The van der Waals surface area contributed by atoms with E-state index in [0.29, 0.717) is 24.0 Å². The van der Waals surface area contributed by atoms with Gasteiger partial charge in [-0.1, -0.05) is 48.5 Å². The van der Waals surface area contributed by atoms with Crippen LogP contribution in [-0.2, 0) is 11.8 Å². The minimum Gasteiger partial charge on any atom is -0.393 e. The van der Waals surface area contributed by atoms with Gasteiger partial charge in [-0.05, 0) is 114 Å². The average molecular weight is 550 g/mol. The minimum atomic E-state index is -0.600. The highest BCUT2D eigenvalue weighted by molar-refractivity contribution is 6.03. The summed E-state index contributed by atoms with van der Waals surface area (Å²) in [6.45, 7) is 16.6. The summed E-state index contributed by atoms with van der Waals surface area (Å²) >= 11 is 0. The van der Waals surface area contributed by atoms with E-state index >= 15 is 0 Å². The zero-order chi connectivity index (χ0) is 29.0. The Kier molecular flexibility index (Phi) is 6.19. The van der Waals surface area contributed by atoms with E-state index in [1.165, 1.54) is 12.0 Å². The van der Waals surface area contributed by atoms with E-state index in [4.69, 9.17) is 0 Å². The molecule has 0 spiro atoms. The van der Waals surface area contributed by atoms with E-state index in [9.17, 15) is 14.7 Å². The second-order valence-electron chi connectivity index (χ2n) is 16.0. The van der Waals surface area contributed by atoms with Crippen LogP contribution in [0.5, 0.6) is 0 Å². The molecule has 40 heavy (non-hydrogen) atoms. The fourth-order valence-corrected chi connectivity index (χ4v) is 11.6. The Morgan fingerprint density at radius 1 is 1.00 bits per heavy atom. The zero-order valence-electron chi connectivity index (χ0n) is 26.1. The van der Waals surface area contributed by atoms with Gasteiger partial charge in [-0.25, -0.2) is 0 Å². The van der Waals surface area contributed by atoms with Crippen LogP contribution in [0.4, 0.5) is 0 Å². The van der Waals surface area contributed by atoms with E-state index in [0.717, 1.165) is 50.5 Å². The second kappa shape index (κ2) is 8.78. The standard InChI is InChI=1S/C34H51N3O3/c1-20(2)27-23(38)19-34(35-29(40)22-13-18-37(8)36-22)17-16-32(6)21(28(27)34)9-10-25-31(5)14-12-26(39)30(3,4)24(31)11-15-33(25,32)7/h13,18,20-21,24-26,39H,9-12,14-17,19H2,1-8H3,(H,35,40)/t21-,24+,25-,26+,31+,32-,33-,34-/m1/s1. The highest BCUT2D eigenvalue weighted by Gasteiger charge is 2.70. The van der Waals surface area contributed by atoms with E-state index < -0.39 is 5.54 Å². The molecule has 4 fully saturated rings. The number of aryl methyl sites for hydroxylation is 1. The number of hydrogen-bond acceptors (Lipinski definition) is 4. The number of Topliss-reactive ketones (excluding diaryl/α,β-unsaturated/α-hetero) is 1. The molecule has 1 aromatic rings. The van der Waals surface area contributed by atoms with Crippen LogP contribution in [0.1, 0.15) is 117 Å². The SMILES string of the molecule is CC(C)C1=C2[C@H]3CC[C@@H]4[C@@]5(C)CC[C@H](O)C(C)(C)[C@@H]5CC[C@@]4(C)[C@]3(C)CC[C@@]2(NC(=O)c2ccn(C)n2)CC1=O. The van der Waals surface area contributed by atoms with Crippen LogP contribution in [0.25, 0.3) is 0 Å². The van der Waals surface area contributed by atoms with Crippen LogP contribution in [0.3, 0.4) is 0 Å². The van der Waals surface area contributed by atoms with E-state index in [1.807, 2.05) is 7.05 Å². The van der Waals surface area contributed by atoms with Gasteiger partial charge in [0.15, 0.2) is 5.78 Å². The summed E-state index contributed by atoms with van der Waals surface area (Å²) in [6.07, 6.45) is 10.3. The monoisotopic (exact) mass is 549 g/mol. The number of rotatable bonds is 3. The van der Waals surface area contributed by atoms with Crippen molar-refractivity contribution in [2.24, 2.45) is 52.4 Å². The maximum Gasteiger partial charge on any atom is 0.272 e. The molecule has 5 aliphatic rings. The van der Waals surface area contributed by atoms with Gasteiger partial charge in [0.1, 0.15) is 5.69 Å². The van der Waals surface area contributed by atoms with Crippen LogP contribution in [0, 0.1) is 45.3 Å². The number of carbonyl (C=O) groups excluding carboxylic acids is 2. The molecular weight excluding hydrogens is 498 g/mol. The van der Waals surface area contributed by atoms with Gasteiger partial charge in [0, 0.05) is 19.7 Å². The molecule has 1 aromatic heterocycles. The number of aliphatic hydroxyl groups excluding tert-OH is 1. The molecule has 6 nitrogen and oxygen atoms in total. The molecular formula is C34H51N3O3. The van der Waals surface area contributed by atoms with Crippen molar-refractivity contribution in [1.82, 2.24) is 15.1 Å². The fourth-order valence-electron chi connectivity index (χ4n) is 11.6. The van der Waals surface area contributed by atoms with Crippen LogP contribution < -0.4 is 5.32 Å². The van der Waals surface area contributed by atoms with E-state index in [-0.39, 0.29) is 51.3 Å². The number of aliphatic hydroxyl groups is 1. The number of amides is 1. The Morgan fingerprint density at radius 3 is 2.38 bits per heavy atom. The van der Waals surface area contributed by atoms with Gasteiger partial charge in [-0.3, -0.25) is 14.3 Å². The first-order chi connectivity index (χ1) is 18.6. The Morgan fingerprint density at radius 2 is 1.73 bits per heavy atom. The first-order valence-corrected chi connectivity index (χ1v) is 15.9.